The number of benzene rings is 1. The fourth-order valence-electron chi connectivity index (χ4n) is 4.31. The van der Waals surface area contributed by atoms with Crippen LogP contribution in [-0.4, -0.2) is 35.8 Å². The van der Waals surface area contributed by atoms with Crippen LogP contribution in [0, 0.1) is 5.92 Å². The van der Waals surface area contributed by atoms with Crippen molar-refractivity contribution < 1.29 is 0 Å². The normalized spacial score (nSPS) is 20.7. The molecular formula is C21H36Cl2N2S. The van der Waals surface area contributed by atoms with E-state index in [0.717, 1.165) is 19.0 Å². The molecule has 1 aromatic carbocycles. The molecule has 2 aliphatic rings. The fourth-order valence-corrected chi connectivity index (χ4v) is 5.42. The van der Waals surface area contributed by atoms with Gasteiger partial charge < -0.3 is 5.32 Å². The summed E-state index contributed by atoms with van der Waals surface area (Å²) in [4.78, 5) is 4.27. The quantitative estimate of drug-likeness (QED) is 0.608. The second-order valence-corrected chi connectivity index (χ2v) is 10.2. The van der Waals surface area contributed by atoms with E-state index in [1.807, 2.05) is 11.8 Å². The standard InChI is InChI=1S/C21H34N2S.2ClH/c1-21(2,3)24-19-12-8-7-11-18(19)20(17-9-5-4-6-10-17)23-15-13-22-14-16-23;;/h7-8,11-12,17,20,22H,4-6,9-10,13-16H2,1-3H3;2*1H/t20-;;/m0../s1. The summed E-state index contributed by atoms with van der Waals surface area (Å²) in [5.74, 6) is 0.832. The van der Waals surface area contributed by atoms with Crippen LogP contribution in [0.3, 0.4) is 0 Å². The summed E-state index contributed by atoms with van der Waals surface area (Å²) in [5, 5.41) is 3.53. The Hall–Kier alpha value is 0.0700. The topological polar surface area (TPSA) is 15.3 Å². The lowest BCUT2D eigenvalue weighted by Gasteiger charge is -2.42. The molecule has 0 unspecified atom stereocenters. The molecule has 26 heavy (non-hydrogen) atoms. The summed E-state index contributed by atoms with van der Waals surface area (Å²) in [6.07, 6.45) is 7.08. The third kappa shape index (κ3) is 6.60. The van der Waals surface area contributed by atoms with Gasteiger partial charge in [-0.05, 0) is 30.4 Å². The summed E-state index contributed by atoms with van der Waals surface area (Å²) in [7, 11) is 0. The van der Waals surface area contributed by atoms with Gasteiger partial charge in [0.05, 0.1) is 0 Å². The molecule has 1 N–H and O–H groups in total. The first-order valence-corrected chi connectivity index (χ1v) is 10.6. The Morgan fingerprint density at radius 2 is 1.62 bits per heavy atom. The molecule has 1 aromatic rings. The van der Waals surface area contributed by atoms with Gasteiger partial charge in [0.15, 0.2) is 0 Å². The third-order valence-corrected chi connectivity index (χ3v) is 6.50. The summed E-state index contributed by atoms with van der Waals surface area (Å²) < 4.78 is 0.261. The van der Waals surface area contributed by atoms with Gasteiger partial charge in [-0.15, -0.1) is 36.6 Å². The van der Waals surface area contributed by atoms with E-state index in [9.17, 15) is 0 Å². The van der Waals surface area contributed by atoms with Crippen molar-refractivity contribution in [2.75, 3.05) is 26.2 Å². The molecule has 5 heteroatoms. The van der Waals surface area contributed by atoms with Crippen molar-refractivity contribution in [3.8, 4) is 0 Å². The monoisotopic (exact) mass is 418 g/mol. The van der Waals surface area contributed by atoms with Crippen molar-refractivity contribution in [3.05, 3.63) is 29.8 Å². The Balaban J connectivity index is 0.00000169. The Labute approximate surface area is 177 Å². The van der Waals surface area contributed by atoms with Crippen molar-refractivity contribution in [2.45, 2.75) is 68.6 Å². The van der Waals surface area contributed by atoms with E-state index in [1.54, 1.807) is 5.56 Å². The molecule has 0 aromatic heterocycles. The molecule has 1 saturated heterocycles. The van der Waals surface area contributed by atoms with Crippen LogP contribution in [0.1, 0.15) is 64.5 Å². The highest BCUT2D eigenvalue weighted by Gasteiger charge is 2.32. The zero-order chi connectivity index (χ0) is 17.0. The van der Waals surface area contributed by atoms with Crippen molar-refractivity contribution in [2.24, 2.45) is 5.92 Å². The highest BCUT2D eigenvalue weighted by atomic mass is 35.5. The van der Waals surface area contributed by atoms with Gasteiger partial charge in [0.1, 0.15) is 0 Å². The predicted molar refractivity (Wildman–Crippen MR) is 120 cm³/mol. The number of halogens is 2. The van der Waals surface area contributed by atoms with Crippen molar-refractivity contribution in [1.82, 2.24) is 10.2 Å². The fraction of sp³-hybridized carbons (Fsp3) is 0.714. The average molecular weight is 420 g/mol. The summed E-state index contributed by atoms with van der Waals surface area (Å²) in [5.41, 5.74) is 1.59. The summed E-state index contributed by atoms with van der Waals surface area (Å²) >= 11 is 2.04. The molecule has 1 heterocycles. The molecule has 1 aliphatic heterocycles. The molecule has 3 rings (SSSR count). The lowest BCUT2D eigenvalue weighted by atomic mass is 9.80. The van der Waals surface area contributed by atoms with Gasteiger partial charge in [0.25, 0.3) is 0 Å². The first-order chi connectivity index (χ1) is 11.5. The average Bonchev–Trinajstić information content (AvgIpc) is 2.57. The van der Waals surface area contributed by atoms with Crippen LogP contribution in [0.15, 0.2) is 29.2 Å². The van der Waals surface area contributed by atoms with E-state index >= 15 is 0 Å². The van der Waals surface area contributed by atoms with Crippen molar-refractivity contribution in [1.29, 1.82) is 0 Å². The van der Waals surface area contributed by atoms with Gasteiger partial charge in [-0.25, -0.2) is 0 Å². The number of thioether (sulfide) groups is 1. The van der Waals surface area contributed by atoms with Crippen LogP contribution in [0.4, 0.5) is 0 Å². The SMILES string of the molecule is CC(C)(C)Sc1ccccc1[C@H](C1CCCCC1)N1CCNCC1.Cl.Cl. The first kappa shape index (κ1) is 24.1. The van der Waals surface area contributed by atoms with Crippen LogP contribution in [0.5, 0.6) is 0 Å². The molecule has 1 saturated carbocycles. The molecular weight excluding hydrogens is 383 g/mol. The Bertz CT molecular complexity index is 503. The van der Waals surface area contributed by atoms with Crippen LogP contribution < -0.4 is 5.32 Å². The van der Waals surface area contributed by atoms with Gasteiger partial charge >= 0.3 is 0 Å². The summed E-state index contributed by atoms with van der Waals surface area (Å²) in [6, 6.07) is 9.84. The Kier molecular flexibility index (Phi) is 10.4. The molecule has 0 bridgehead atoms. The highest BCUT2D eigenvalue weighted by molar-refractivity contribution is 8.00. The Morgan fingerprint density at radius 1 is 1.00 bits per heavy atom. The molecule has 1 atom stereocenters. The zero-order valence-electron chi connectivity index (χ0n) is 16.5. The van der Waals surface area contributed by atoms with Gasteiger partial charge in [-0.2, -0.15) is 0 Å². The van der Waals surface area contributed by atoms with Crippen LogP contribution in [0.2, 0.25) is 0 Å². The highest BCUT2D eigenvalue weighted by Crippen LogP contribution is 2.44. The number of nitrogens with zero attached hydrogens (tertiary/aromatic N) is 1. The lowest BCUT2D eigenvalue weighted by molar-refractivity contribution is 0.101. The van der Waals surface area contributed by atoms with E-state index < -0.39 is 0 Å². The smallest absolute Gasteiger partial charge is 0.0388 e. The molecule has 2 nitrogen and oxygen atoms in total. The minimum absolute atomic E-state index is 0. The Morgan fingerprint density at radius 3 is 2.23 bits per heavy atom. The van der Waals surface area contributed by atoms with E-state index in [4.69, 9.17) is 0 Å². The number of rotatable bonds is 4. The predicted octanol–water partition coefficient (Wildman–Crippen LogP) is 5.95. The van der Waals surface area contributed by atoms with E-state index in [1.165, 1.54) is 50.1 Å². The molecule has 150 valence electrons. The number of piperazine rings is 1. The zero-order valence-corrected chi connectivity index (χ0v) is 18.9. The van der Waals surface area contributed by atoms with Crippen LogP contribution in [-0.2, 0) is 0 Å². The van der Waals surface area contributed by atoms with E-state index in [0.29, 0.717) is 6.04 Å². The minimum Gasteiger partial charge on any atom is -0.314 e. The molecule has 2 fully saturated rings. The van der Waals surface area contributed by atoms with Crippen LogP contribution >= 0.6 is 36.6 Å². The van der Waals surface area contributed by atoms with Crippen molar-refractivity contribution in [3.63, 3.8) is 0 Å². The maximum Gasteiger partial charge on any atom is 0.0388 e. The molecule has 1 aliphatic carbocycles. The van der Waals surface area contributed by atoms with Gasteiger partial charge in [-0.3, -0.25) is 4.90 Å². The molecule has 0 spiro atoms. The number of hydrogen-bond donors (Lipinski definition) is 1. The van der Waals surface area contributed by atoms with Gasteiger partial charge in [0.2, 0.25) is 0 Å². The number of hydrogen-bond acceptors (Lipinski definition) is 3. The largest absolute Gasteiger partial charge is 0.314 e. The second-order valence-electron chi connectivity index (χ2n) is 8.38. The minimum atomic E-state index is 0. The summed E-state index contributed by atoms with van der Waals surface area (Å²) in [6.45, 7) is 11.6. The van der Waals surface area contributed by atoms with Crippen LogP contribution in [0.25, 0.3) is 0 Å². The first-order valence-electron chi connectivity index (χ1n) is 9.77. The van der Waals surface area contributed by atoms with E-state index in [2.05, 4.69) is 55.3 Å². The number of nitrogens with one attached hydrogen (secondary N) is 1. The lowest BCUT2D eigenvalue weighted by Crippen LogP contribution is -2.47. The van der Waals surface area contributed by atoms with Crippen molar-refractivity contribution >= 4 is 36.6 Å². The second kappa shape index (κ2) is 11.2. The maximum atomic E-state index is 3.53. The molecule has 0 radical (unpaired) electrons. The van der Waals surface area contributed by atoms with E-state index in [-0.39, 0.29) is 29.6 Å². The maximum absolute atomic E-state index is 3.53. The third-order valence-electron chi connectivity index (χ3n) is 5.30. The molecule has 0 amide bonds. The van der Waals surface area contributed by atoms with Gasteiger partial charge in [0, 0.05) is 41.9 Å². The van der Waals surface area contributed by atoms with Gasteiger partial charge in [-0.1, -0.05) is 58.2 Å².